The number of benzene rings is 1. The van der Waals surface area contributed by atoms with Crippen molar-refractivity contribution >= 4 is 11.8 Å². The number of piperidine rings is 1. The number of carbonyl (C=O) groups excluding carboxylic acids is 2. The van der Waals surface area contributed by atoms with Crippen molar-refractivity contribution in [3.63, 3.8) is 0 Å². The average Bonchev–Trinajstić information content (AvgIpc) is 2.74. The maximum absolute atomic E-state index is 13.8. The second kappa shape index (κ2) is 7.75. The van der Waals surface area contributed by atoms with Crippen molar-refractivity contribution in [2.75, 3.05) is 6.54 Å². The van der Waals surface area contributed by atoms with Crippen molar-refractivity contribution in [2.24, 2.45) is 5.92 Å². The first-order valence-electron chi connectivity index (χ1n) is 9.88. The van der Waals surface area contributed by atoms with Crippen molar-refractivity contribution in [1.82, 2.24) is 14.8 Å². The average molecular weight is 435 g/mol. The molecule has 2 aromatic rings. The quantitative estimate of drug-likeness (QED) is 0.723. The molecule has 2 aliphatic heterocycles. The van der Waals surface area contributed by atoms with Crippen LogP contribution in [0.5, 0.6) is 5.75 Å². The summed E-state index contributed by atoms with van der Waals surface area (Å²) in [6.07, 6.45) is 2.96. The minimum Gasteiger partial charge on any atom is -0.503 e. The lowest BCUT2D eigenvalue weighted by Crippen LogP contribution is -2.54. The van der Waals surface area contributed by atoms with Crippen molar-refractivity contribution in [3.05, 3.63) is 62.8 Å². The lowest BCUT2D eigenvalue weighted by Gasteiger charge is -2.44. The predicted octanol–water partition coefficient (Wildman–Crippen LogP) is 2.16. The zero-order chi connectivity index (χ0) is 22.4. The van der Waals surface area contributed by atoms with E-state index in [0.29, 0.717) is 13.1 Å². The summed E-state index contributed by atoms with van der Waals surface area (Å²) in [6, 6.07) is 1.58. The number of amides is 2. The first kappa shape index (κ1) is 21.0. The van der Waals surface area contributed by atoms with E-state index in [4.69, 9.17) is 0 Å². The Labute approximate surface area is 175 Å². The largest absolute Gasteiger partial charge is 0.503 e. The van der Waals surface area contributed by atoms with Crippen LogP contribution < -0.4 is 10.7 Å². The van der Waals surface area contributed by atoms with Crippen LogP contribution in [0.3, 0.4) is 0 Å². The highest BCUT2D eigenvalue weighted by Crippen LogP contribution is 2.32. The number of nitrogens with zero attached hydrogens (tertiary/aromatic N) is 2. The van der Waals surface area contributed by atoms with E-state index in [0.717, 1.165) is 25.0 Å². The summed E-state index contributed by atoms with van der Waals surface area (Å²) in [4.78, 5) is 39.6. The molecule has 3 heterocycles. The van der Waals surface area contributed by atoms with E-state index in [1.807, 2.05) is 6.92 Å². The van der Waals surface area contributed by atoms with Gasteiger partial charge in [-0.15, -0.1) is 0 Å². The fraction of sp³-hybridized carbons (Fsp3) is 0.381. The fourth-order valence-corrected chi connectivity index (χ4v) is 4.27. The normalized spacial score (nSPS) is 20.3. The van der Waals surface area contributed by atoms with Crippen LogP contribution >= 0.6 is 0 Å². The van der Waals surface area contributed by atoms with Crippen LogP contribution in [0.15, 0.2) is 23.1 Å². The molecule has 0 spiro atoms. The first-order valence-corrected chi connectivity index (χ1v) is 9.88. The molecule has 1 saturated heterocycles. The number of aromatic hydroxyl groups is 1. The number of carbonyl (C=O) groups is 2. The SMILES string of the molecule is C[C@H]1CCCN2C(=O)c3c(O)c(=O)c(C(=O)NCc4ccc(F)c(F)c4F)cn3C[C@@H]12. The molecular weight excluding hydrogens is 415 g/mol. The zero-order valence-electron chi connectivity index (χ0n) is 16.6. The van der Waals surface area contributed by atoms with Crippen molar-refractivity contribution < 1.29 is 27.9 Å². The smallest absolute Gasteiger partial charge is 0.274 e. The highest BCUT2D eigenvalue weighted by molar-refractivity contribution is 5.99. The van der Waals surface area contributed by atoms with Crippen molar-refractivity contribution in [3.8, 4) is 5.75 Å². The van der Waals surface area contributed by atoms with Crippen LogP contribution in [0.2, 0.25) is 0 Å². The highest BCUT2D eigenvalue weighted by atomic mass is 19.2. The van der Waals surface area contributed by atoms with Gasteiger partial charge in [0.15, 0.2) is 28.9 Å². The Bertz CT molecular complexity index is 1150. The van der Waals surface area contributed by atoms with E-state index in [2.05, 4.69) is 5.32 Å². The van der Waals surface area contributed by atoms with E-state index < -0.39 is 52.6 Å². The molecule has 0 radical (unpaired) electrons. The van der Waals surface area contributed by atoms with Gasteiger partial charge in [0.25, 0.3) is 11.8 Å². The number of hydrogen-bond donors (Lipinski definition) is 2. The number of pyridine rings is 1. The molecule has 1 aromatic heterocycles. The van der Waals surface area contributed by atoms with E-state index in [1.165, 1.54) is 10.8 Å². The Kier molecular flexibility index (Phi) is 5.24. The van der Waals surface area contributed by atoms with Gasteiger partial charge in [-0.2, -0.15) is 0 Å². The molecule has 164 valence electrons. The Morgan fingerprint density at radius 3 is 2.71 bits per heavy atom. The van der Waals surface area contributed by atoms with E-state index >= 15 is 0 Å². The molecule has 0 aliphatic carbocycles. The maximum atomic E-state index is 13.8. The predicted molar refractivity (Wildman–Crippen MR) is 103 cm³/mol. The summed E-state index contributed by atoms with van der Waals surface area (Å²) in [7, 11) is 0. The third-order valence-corrected chi connectivity index (χ3v) is 6.02. The van der Waals surface area contributed by atoms with Gasteiger partial charge in [-0.1, -0.05) is 13.0 Å². The third kappa shape index (κ3) is 3.45. The van der Waals surface area contributed by atoms with E-state index in [9.17, 15) is 32.7 Å². The second-order valence-electron chi connectivity index (χ2n) is 7.92. The number of nitrogens with one attached hydrogen (secondary N) is 1. The maximum Gasteiger partial charge on any atom is 0.274 e. The van der Waals surface area contributed by atoms with Gasteiger partial charge in [0.1, 0.15) is 5.56 Å². The van der Waals surface area contributed by atoms with Gasteiger partial charge >= 0.3 is 0 Å². The molecule has 2 amide bonds. The van der Waals surface area contributed by atoms with Crippen molar-refractivity contribution in [1.29, 1.82) is 0 Å². The molecule has 7 nitrogen and oxygen atoms in total. The molecule has 1 aromatic carbocycles. The summed E-state index contributed by atoms with van der Waals surface area (Å²) in [6.45, 7) is 2.36. The Morgan fingerprint density at radius 1 is 1.23 bits per heavy atom. The van der Waals surface area contributed by atoms with Crippen LogP contribution in [-0.4, -0.2) is 39.0 Å². The van der Waals surface area contributed by atoms with Gasteiger partial charge in [-0.05, 0) is 24.8 Å². The van der Waals surface area contributed by atoms with Gasteiger partial charge in [0, 0.05) is 31.4 Å². The summed E-state index contributed by atoms with van der Waals surface area (Å²) in [5.41, 5.74) is -1.95. The zero-order valence-corrected chi connectivity index (χ0v) is 16.6. The number of aromatic nitrogens is 1. The van der Waals surface area contributed by atoms with Crippen LogP contribution in [-0.2, 0) is 13.1 Å². The molecule has 10 heteroatoms. The Hall–Kier alpha value is -3.30. The molecule has 1 fully saturated rings. The minimum atomic E-state index is -1.66. The van der Waals surface area contributed by atoms with Gasteiger partial charge < -0.3 is 19.9 Å². The monoisotopic (exact) mass is 435 g/mol. The lowest BCUT2D eigenvalue weighted by molar-refractivity contribution is 0.0383. The van der Waals surface area contributed by atoms with Gasteiger partial charge in [0.05, 0.1) is 6.04 Å². The molecule has 0 bridgehead atoms. The van der Waals surface area contributed by atoms with Gasteiger partial charge in [-0.25, -0.2) is 13.2 Å². The topological polar surface area (TPSA) is 91.6 Å². The standard InChI is InChI=1S/C21H20F3N3O4/c1-10-3-2-6-27-14(10)9-26-8-12(18(28)19(29)17(26)21(27)31)20(30)25-7-11-4-5-13(22)16(24)15(11)23/h4-5,8,10,14,29H,2-3,6-7,9H2,1H3,(H,25,30)/t10-,14-/m0/s1. The van der Waals surface area contributed by atoms with Gasteiger partial charge in [0.2, 0.25) is 5.43 Å². The number of rotatable bonds is 3. The highest BCUT2D eigenvalue weighted by Gasteiger charge is 2.40. The summed E-state index contributed by atoms with van der Waals surface area (Å²) >= 11 is 0. The molecular formula is C21H20F3N3O4. The van der Waals surface area contributed by atoms with E-state index in [-0.39, 0.29) is 23.2 Å². The van der Waals surface area contributed by atoms with E-state index in [1.54, 1.807) is 4.90 Å². The van der Waals surface area contributed by atoms with Crippen LogP contribution in [0, 0.1) is 23.4 Å². The first-order chi connectivity index (χ1) is 14.7. The minimum absolute atomic E-state index is 0.122. The second-order valence-corrected chi connectivity index (χ2v) is 7.92. The molecule has 0 saturated carbocycles. The Balaban J connectivity index is 1.63. The molecule has 2 atom stereocenters. The summed E-state index contributed by atoms with van der Waals surface area (Å²) in [5.74, 6) is -6.49. The third-order valence-electron chi connectivity index (χ3n) is 6.02. The van der Waals surface area contributed by atoms with Crippen LogP contribution in [0.25, 0.3) is 0 Å². The number of halogens is 3. The van der Waals surface area contributed by atoms with Crippen molar-refractivity contribution in [2.45, 2.75) is 38.9 Å². The molecule has 4 rings (SSSR count). The van der Waals surface area contributed by atoms with Gasteiger partial charge in [-0.3, -0.25) is 14.4 Å². The molecule has 0 unspecified atom stereocenters. The lowest BCUT2D eigenvalue weighted by atomic mass is 9.88. The molecule has 2 N–H and O–H groups in total. The Morgan fingerprint density at radius 2 is 1.97 bits per heavy atom. The number of fused-ring (bicyclic) bond motifs is 2. The molecule has 2 aliphatic rings. The van der Waals surface area contributed by atoms with Crippen LogP contribution in [0.4, 0.5) is 13.2 Å². The van der Waals surface area contributed by atoms with Crippen LogP contribution in [0.1, 0.15) is 46.2 Å². The number of hydrogen-bond acceptors (Lipinski definition) is 4. The summed E-state index contributed by atoms with van der Waals surface area (Å²) < 4.78 is 41.6. The molecule has 31 heavy (non-hydrogen) atoms. The fourth-order valence-electron chi connectivity index (χ4n) is 4.27. The summed E-state index contributed by atoms with van der Waals surface area (Å²) in [5, 5.41) is 12.7.